The van der Waals surface area contributed by atoms with Crippen LogP contribution in [0.1, 0.15) is 26.2 Å². The second-order valence-electron chi connectivity index (χ2n) is 4.10. The molecule has 1 unspecified atom stereocenters. The minimum Gasteiger partial charge on any atom is -0.0879 e. The first-order valence-electron chi connectivity index (χ1n) is 4.84. The van der Waals surface area contributed by atoms with Gasteiger partial charge in [0, 0.05) is 5.92 Å². The Hall–Kier alpha value is -0.780. The maximum absolute atomic E-state index is 2.37. The van der Waals surface area contributed by atoms with Crippen molar-refractivity contribution < 1.29 is 0 Å². The molecule has 0 saturated heterocycles. The quantitative estimate of drug-likeness (QED) is 0.476. The molecule has 0 heterocycles. The summed E-state index contributed by atoms with van der Waals surface area (Å²) in [4.78, 5) is 0. The van der Waals surface area contributed by atoms with Crippen LogP contribution in [0.15, 0.2) is 36.5 Å². The minimum atomic E-state index is 0.405. The largest absolute Gasteiger partial charge is 0.0879 e. The fourth-order valence-electron chi connectivity index (χ4n) is 2.17. The zero-order valence-electron chi connectivity index (χ0n) is 7.66. The average molecular weight is 160 g/mol. The molecule has 0 aliphatic heterocycles. The zero-order chi connectivity index (χ0) is 8.44. The SMILES string of the molecule is C[C@]12C=CC=CC1C=CCCC2. The number of rotatable bonds is 0. The molecule has 0 aromatic carbocycles. The van der Waals surface area contributed by atoms with Crippen LogP contribution in [-0.2, 0) is 0 Å². The third-order valence-corrected chi connectivity index (χ3v) is 3.10. The van der Waals surface area contributed by atoms with Crippen LogP contribution in [0.2, 0.25) is 0 Å². The Kier molecular flexibility index (Phi) is 1.92. The van der Waals surface area contributed by atoms with E-state index in [1.807, 2.05) is 0 Å². The van der Waals surface area contributed by atoms with Crippen molar-refractivity contribution in [3.8, 4) is 0 Å². The number of fused-ring (bicyclic) bond motifs is 1. The van der Waals surface area contributed by atoms with Gasteiger partial charge in [-0.1, -0.05) is 43.4 Å². The van der Waals surface area contributed by atoms with Gasteiger partial charge in [0.05, 0.1) is 0 Å². The lowest BCUT2D eigenvalue weighted by Crippen LogP contribution is -2.22. The third-order valence-electron chi connectivity index (χ3n) is 3.10. The van der Waals surface area contributed by atoms with Crippen molar-refractivity contribution in [3.63, 3.8) is 0 Å². The maximum Gasteiger partial charge on any atom is 0.00382 e. The van der Waals surface area contributed by atoms with E-state index in [0.717, 1.165) is 0 Å². The highest BCUT2D eigenvalue weighted by Gasteiger charge is 2.29. The van der Waals surface area contributed by atoms with Crippen molar-refractivity contribution >= 4 is 0 Å². The summed E-state index contributed by atoms with van der Waals surface area (Å²) in [7, 11) is 0. The van der Waals surface area contributed by atoms with E-state index in [2.05, 4.69) is 43.4 Å². The molecule has 12 heavy (non-hydrogen) atoms. The molecule has 0 amide bonds. The Morgan fingerprint density at radius 2 is 2.17 bits per heavy atom. The summed E-state index contributed by atoms with van der Waals surface area (Å²) in [5.74, 6) is 0.644. The molecule has 64 valence electrons. The predicted molar refractivity (Wildman–Crippen MR) is 52.9 cm³/mol. The van der Waals surface area contributed by atoms with Gasteiger partial charge in [-0.3, -0.25) is 0 Å². The molecular weight excluding hydrogens is 144 g/mol. The van der Waals surface area contributed by atoms with Gasteiger partial charge in [0.15, 0.2) is 0 Å². The van der Waals surface area contributed by atoms with Crippen LogP contribution >= 0.6 is 0 Å². The monoisotopic (exact) mass is 160 g/mol. The summed E-state index contributed by atoms with van der Waals surface area (Å²) in [5.41, 5.74) is 0.405. The van der Waals surface area contributed by atoms with E-state index in [1.54, 1.807) is 0 Å². The second-order valence-corrected chi connectivity index (χ2v) is 4.10. The molecule has 0 nitrogen and oxygen atoms in total. The minimum absolute atomic E-state index is 0.405. The molecule has 0 heteroatoms. The van der Waals surface area contributed by atoms with Crippen LogP contribution in [0.3, 0.4) is 0 Å². The van der Waals surface area contributed by atoms with Gasteiger partial charge < -0.3 is 0 Å². The topological polar surface area (TPSA) is 0 Å². The summed E-state index contributed by atoms with van der Waals surface area (Å²) in [6.07, 6.45) is 17.7. The molecule has 0 radical (unpaired) electrons. The van der Waals surface area contributed by atoms with E-state index in [9.17, 15) is 0 Å². The summed E-state index contributed by atoms with van der Waals surface area (Å²) < 4.78 is 0. The van der Waals surface area contributed by atoms with E-state index in [1.165, 1.54) is 19.3 Å². The van der Waals surface area contributed by atoms with Gasteiger partial charge in [-0.15, -0.1) is 0 Å². The number of allylic oxidation sites excluding steroid dienone is 6. The highest BCUT2D eigenvalue weighted by molar-refractivity contribution is 5.23. The van der Waals surface area contributed by atoms with E-state index >= 15 is 0 Å². The van der Waals surface area contributed by atoms with Crippen LogP contribution in [0.4, 0.5) is 0 Å². The molecule has 2 aliphatic carbocycles. The van der Waals surface area contributed by atoms with Crippen LogP contribution in [0.5, 0.6) is 0 Å². The van der Waals surface area contributed by atoms with Crippen molar-refractivity contribution in [1.82, 2.24) is 0 Å². The zero-order valence-corrected chi connectivity index (χ0v) is 7.66. The van der Waals surface area contributed by atoms with Crippen molar-refractivity contribution in [2.75, 3.05) is 0 Å². The molecule has 0 fully saturated rings. The van der Waals surface area contributed by atoms with Gasteiger partial charge in [0.2, 0.25) is 0 Å². The Morgan fingerprint density at radius 3 is 3.08 bits per heavy atom. The van der Waals surface area contributed by atoms with E-state index in [-0.39, 0.29) is 0 Å². The van der Waals surface area contributed by atoms with Gasteiger partial charge in [0.25, 0.3) is 0 Å². The number of hydrogen-bond acceptors (Lipinski definition) is 0. The van der Waals surface area contributed by atoms with Gasteiger partial charge in [0.1, 0.15) is 0 Å². The van der Waals surface area contributed by atoms with E-state index in [0.29, 0.717) is 11.3 Å². The van der Waals surface area contributed by atoms with Crippen molar-refractivity contribution in [2.24, 2.45) is 11.3 Å². The normalized spacial score (nSPS) is 39.2. The summed E-state index contributed by atoms with van der Waals surface area (Å²) >= 11 is 0. The van der Waals surface area contributed by atoms with Crippen molar-refractivity contribution in [1.29, 1.82) is 0 Å². The van der Waals surface area contributed by atoms with Crippen LogP contribution in [0.25, 0.3) is 0 Å². The Morgan fingerprint density at radius 1 is 1.25 bits per heavy atom. The molecule has 0 spiro atoms. The summed E-state index contributed by atoms with van der Waals surface area (Å²) in [5, 5.41) is 0. The molecule has 0 aromatic rings. The Labute approximate surface area is 74.7 Å². The molecule has 0 aromatic heterocycles. The van der Waals surface area contributed by atoms with Gasteiger partial charge in [-0.2, -0.15) is 0 Å². The molecule has 2 aliphatic rings. The van der Waals surface area contributed by atoms with E-state index < -0.39 is 0 Å². The lowest BCUT2D eigenvalue weighted by atomic mass is 9.72. The first kappa shape index (κ1) is 7.85. The molecular formula is C12H16. The average Bonchev–Trinajstić information content (AvgIpc) is 2.25. The summed E-state index contributed by atoms with van der Waals surface area (Å²) in [6, 6.07) is 0. The Bertz CT molecular complexity index is 245. The lowest BCUT2D eigenvalue weighted by Gasteiger charge is -2.32. The van der Waals surface area contributed by atoms with Gasteiger partial charge >= 0.3 is 0 Å². The molecule has 0 bridgehead atoms. The first-order valence-corrected chi connectivity index (χ1v) is 4.84. The van der Waals surface area contributed by atoms with Crippen LogP contribution in [-0.4, -0.2) is 0 Å². The smallest absolute Gasteiger partial charge is 0.00382 e. The van der Waals surface area contributed by atoms with Gasteiger partial charge in [-0.25, -0.2) is 0 Å². The standard InChI is InChI=1S/C12H16/c1-12-9-5-2-3-7-11(12)8-4-6-10-12/h3-4,6-8,10-11H,2,5,9H2,1H3/t11?,12-/m0/s1. The third kappa shape index (κ3) is 1.26. The fourth-order valence-corrected chi connectivity index (χ4v) is 2.17. The van der Waals surface area contributed by atoms with Crippen LogP contribution in [0, 0.1) is 11.3 Å². The fraction of sp³-hybridized carbons (Fsp3) is 0.500. The highest BCUT2D eigenvalue weighted by Crippen LogP contribution is 2.40. The number of hydrogen-bond donors (Lipinski definition) is 0. The van der Waals surface area contributed by atoms with Gasteiger partial charge in [-0.05, 0) is 24.7 Å². The molecule has 2 atom stereocenters. The van der Waals surface area contributed by atoms with Crippen LogP contribution < -0.4 is 0 Å². The molecule has 0 N–H and O–H groups in total. The summed E-state index contributed by atoms with van der Waals surface area (Å²) in [6.45, 7) is 2.37. The van der Waals surface area contributed by atoms with E-state index in [4.69, 9.17) is 0 Å². The maximum atomic E-state index is 2.37. The molecule has 2 rings (SSSR count). The predicted octanol–water partition coefficient (Wildman–Crippen LogP) is 3.48. The second kappa shape index (κ2) is 2.93. The molecule has 0 saturated carbocycles. The Balaban J connectivity index is 2.29. The lowest BCUT2D eigenvalue weighted by molar-refractivity contribution is 0.326. The van der Waals surface area contributed by atoms with Crippen molar-refractivity contribution in [3.05, 3.63) is 36.5 Å². The van der Waals surface area contributed by atoms with Crippen molar-refractivity contribution in [2.45, 2.75) is 26.2 Å². The highest BCUT2D eigenvalue weighted by atomic mass is 14.3. The first-order chi connectivity index (χ1) is 5.81.